The van der Waals surface area contributed by atoms with Crippen LogP contribution in [-0.2, 0) is 0 Å². The molecule has 0 aliphatic carbocycles. The Morgan fingerprint density at radius 1 is 1.10 bits per heavy atom. The minimum atomic E-state index is -0.371. The van der Waals surface area contributed by atoms with Gasteiger partial charge >= 0.3 is 6.03 Å². The minimum absolute atomic E-state index is 0.340. The van der Waals surface area contributed by atoms with Gasteiger partial charge in [0, 0.05) is 10.2 Å². The molecule has 2 N–H and O–H groups in total. The fourth-order valence-corrected chi connectivity index (χ4v) is 2.66. The molecule has 0 saturated carbocycles. The maximum atomic E-state index is 12.8. The van der Waals surface area contributed by atoms with Crippen molar-refractivity contribution >= 4 is 33.3 Å². The van der Waals surface area contributed by atoms with Crippen molar-refractivity contribution in [1.29, 1.82) is 0 Å². The van der Waals surface area contributed by atoms with Gasteiger partial charge in [0.25, 0.3) is 0 Å². The Morgan fingerprint density at radius 3 is 2.35 bits per heavy atom. The number of hydrogen-bond donors (Lipinski definition) is 2. The molecule has 5 heteroatoms. The standard InChI is InChI=1S/C15H14BrFN2O/c1-9-7-10(2)14(13(16)8-9)19-15(20)18-12-5-3-11(17)4-6-12/h3-8H,1-2H3,(H2,18,19,20). The van der Waals surface area contributed by atoms with E-state index in [9.17, 15) is 9.18 Å². The normalized spacial score (nSPS) is 10.2. The van der Waals surface area contributed by atoms with E-state index >= 15 is 0 Å². The Balaban J connectivity index is 2.10. The quantitative estimate of drug-likeness (QED) is 0.808. The molecule has 0 aliphatic heterocycles. The van der Waals surface area contributed by atoms with Crippen LogP contribution >= 0.6 is 15.9 Å². The van der Waals surface area contributed by atoms with Gasteiger partial charge in [-0.05, 0) is 71.2 Å². The number of aryl methyl sites for hydroxylation is 2. The Kier molecular flexibility index (Phi) is 4.39. The molecule has 0 atom stereocenters. The monoisotopic (exact) mass is 336 g/mol. The SMILES string of the molecule is Cc1cc(C)c(NC(=O)Nc2ccc(F)cc2)c(Br)c1. The number of anilines is 2. The van der Waals surface area contributed by atoms with Crippen LogP contribution in [0.2, 0.25) is 0 Å². The molecule has 3 nitrogen and oxygen atoms in total. The summed E-state index contributed by atoms with van der Waals surface area (Å²) in [7, 11) is 0. The molecular formula is C15H14BrFN2O. The second-order valence-corrected chi connectivity index (χ2v) is 5.38. The molecule has 0 bridgehead atoms. The molecule has 20 heavy (non-hydrogen) atoms. The first-order chi connectivity index (χ1) is 9.45. The van der Waals surface area contributed by atoms with Crippen LogP contribution < -0.4 is 10.6 Å². The van der Waals surface area contributed by atoms with Gasteiger partial charge in [0.2, 0.25) is 0 Å². The number of halogens is 2. The number of hydrogen-bond acceptors (Lipinski definition) is 1. The predicted octanol–water partition coefficient (Wildman–Crippen LogP) is 4.85. The van der Waals surface area contributed by atoms with Crippen molar-refractivity contribution in [2.75, 3.05) is 10.6 Å². The van der Waals surface area contributed by atoms with E-state index in [0.717, 1.165) is 21.3 Å². The zero-order valence-electron chi connectivity index (χ0n) is 11.1. The lowest BCUT2D eigenvalue weighted by molar-refractivity contribution is 0.262. The van der Waals surface area contributed by atoms with Gasteiger partial charge in [-0.25, -0.2) is 9.18 Å². The third-order valence-corrected chi connectivity index (χ3v) is 3.40. The second-order valence-electron chi connectivity index (χ2n) is 4.52. The molecule has 104 valence electrons. The summed E-state index contributed by atoms with van der Waals surface area (Å²) in [6.07, 6.45) is 0. The topological polar surface area (TPSA) is 41.1 Å². The van der Waals surface area contributed by atoms with Crippen molar-refractivity contribution in [3.05, 3.63) is 57.8 Å². The van der Waals surface area contributed by atoms with E-state index in [4.69, 9.17) is 0 Å². The zero-order chi connectivity index (χ0) is 14.7. The molecule has 0 aliphatic rings. The molecule has 2 amide bonds. The largest absolute Gasteiger partial charge is 0.323 e. The number of nitrogens with one attached hydrogen (secondary N) is 2. The van der Waals surface area contributed by atoms with Crippen LogP contribution in [0, 0.1) is 19.7 Å². The number of urea groups is 1. The van der Waals surface area contributed by atoms with Crippen molar-refractivity contribution in [3.8, 4) is 0 Å². The molecule has 0 unspecified atom stereocenters. The summed E-state index contributed by atoms with van der Waals surface area (Å²) in [5.41, 5.74) is 3.32. The summed E-state index contributed by atoms with van der Waals surface area (Å²) in [5.74, 6) is -0.340. The average molecular weight is 337 g/mol. The molecular weight excluding hydrogens is 323 g/mol. The molecule has 0 aromatic heterocycles. The highest BCUT2D eigenvalue weighted by Gasteiger charge is 2.09. The van der Waals surface area contributed by atoms with Crippen molar-refractivity contribution in [2.45, 2.75) is 13.8 Å². The summed E-state index contributed by atoms with van der Waals surface area (Å²) in [6, 6.07) is 9.14. The van der Waals surface area contributed by atoms with Crippen molar-refractivity contribution in [3.63, 3.8) is 0 Å². The number of carbonyl (C=O) groups is 1. The molecule has 0 saturated heterocycles. The molecule has 0 heterocycles. The van der Waals surface area contributed by atoms with E-state index in [1.54, 1.807) is 0 Å². The number of amides is 2. The van der Waals surface area contributed by atoms with Crippen LogP contribution in [0.5, 0.6) is 0 Å². The number of benzene rings is 2. The van der Waals surface area contributed by atoms with Gasteiger partial charge in [-0.2, -0.15) is 0 Å². The fourth-order valence-electron chi connectivity index (χ4n) is 1.88. The van der Waals surface area contributed by atoms with E-state index in [0.29, 0.717) is 5.69 Å². The Bertz CT molecular complexity index is 618. The van der Waals surface area contributed by atoms with Crippen LogP contribution in [-0.4, -0.2) is 6.03 Å². The van der Waals surface area contributed by atoms with E-state index in [1.165, 1.54) is 24.3 Å². The summed E-state index contributed by atoms with van der Waals surface area (Å²) in [5, 5.41) is 5.43. The van der Waals surface area contributed by atoms with Gasteiger partial charge in [-0.15, -0.1) is 0 Å². The number of carbonyl (C=O) groups excluding carboxylic acids is 1. The maximum Gasteiger partial charge on any atom is 0.323 e. The summed E-state index contributed by atoms with van der Waals surface area (Å²) in [4.78, 5) is 11.9. The minimum Gasteiger partial charge on any atom is -0.308 e. The van der Waals surface area contributed by atoms with Crippen LogP contribution in [0.15, 0.2) is 40.9 Å². The summed E-state index contributed by atoms with van der Waals surface area (Å²) in [6.45, 7) is 3.91. The van der Waals surface area contributed by atoms with Crippen molar-refractivity contribution in [2.24, 2.45) is 0 Å². The molecule has 0 fully saturated rings. The van der Waals surface area contributed by atoms with Gasteiger partial charge in [-0.3, -0.25) is 0 Å². The van der Waals surface area contributed by atoms with Gasteiger partial charge in [0.1, 0.15) is 5.82 Å². The first-order valence-corrected chi connectivity index (χ1v) is 6.85. The predicted molar refractivity (Wildman–Crippen MR) is 82.7 cm³/mol. The molecule has 2 rings (SSSR count). The highest BCUT2D eigenvalue weighted by Crippen LogP contribution is 2.27. The maximum absolute atomic E-state index is 12.8. The smallest absolute Gasteiger partial charge is 0.308 e. The third kappa shape index (κ3) is 3.57. The Hall–Kier alpha value is -1.88. The zero-order valence-corrected chi connectivity index (χ0v) is 12.7. The van der Waals surface area contributed by atoms with E-state index < -0.39 is 0 Å². The van der Waals surface area contributed by atoms with Gasteiger partial charge in [0.05, 0.1) is 5.69 Å². The van der Waals surface area contributed by atoms with Gasteiger partial charge < -0.3 is 10.6 Å². The molecule has 2 aromatic carbocycles. The summed E-state index contributed by atoms with van der Waals surface area (Å²) < 4.78 is 13.6. The second kappa shape index (κ2) is 6.05. The van der Waals surface area contributed by atoms with Gasteiger partial charge in [0.15, 0.2) is 0 Å². The van der Waals surface area contributed by atoms with E-state index in [2.05, 4.69) is 26.6 Å². The molecule has 0 radical (unpaired) electrons. The van der Waals surface area contributed by atoms with Crippen LogP contribution in [0.4, 0.5) is 20.6 Å². The Labute approximate surface area is 125 Å². The van der Waals surface area contributed by atoms with Crippen LogP contribution in [0.1, 0.15) is 11.1 Å². The fraction of sp³-hybridized carbons (Fsp3) is 0.133. The van der Waals surface area contributed by atoms with Crippen LogP contribution in [0.3, 0.4) is 0 Å². The summed E-state index contributed by atoms with van der Waals surface area (Å²) >= 11 is 3.43. The lowest BCUT2D eigenvalue weighted by atomic mass is 10.1. The van der Waals surface area contributed by atoms with E-state index in [-0.39, 0.29) is 11.8 Å². The molecule has 2 aromatic rings. The Morgan fingerprint density at radius 2 is 1.75 bits per heavy atom. The average Bonchev–Trinajstić information content (AvgIpc) is 2.36. The van der Waals surface area contributed by atoms with Crippen molar-refractivity contribution in [1.82, 2.24) is 0 Å². The van der Waals surface area contributed by atoms with Crippen molar-refractivity contribution < 1.29 is 9.18 Å². The first kappa shape index (κ1) is 14.5. The van der Waals surface area contributed by atoms with Gasteiger partial charge in [-0.1, -0.05) is 6.07 Å². The third-order valence-electron chi connectivity index (χ3n) is 2.77. The van der Waals surface area contributed by atoms with Crippen LogP contribution in [0.25, 0.3) is 0 Å². The first-order valence-electron chi connectivity index (χ1n) is 6.06. The highest BCUT2D eigenvalue weighted by atomic mass is 79.9. The lowest BCUT2D eigenvalue weighted by Gasteiger charge is -2.12. The lowest BCUT2D eigenvalue weighted by Crippen LogP contribution is -2.20. The van der Waals surface area contributed by atoms with E-state index in [1.807, 2.05) is 26.0 Å². The molecule has 0 spiro atoms. The highest BCUT2D eigenvalue weighted by molar-refractivity contribution is 9.10. The number of rotatable bonds is 2.